The van der Waals surface area contributed by atoms with Crippen LogP contribution in [0.3, 0.4) is 0 Å². The third-order valence-corrected chi connectivity index (χ3v) is 4.61. The summed E-state index contributed by atoms with van der Waals surface area (Å²) < 4.78 is 19.1. The molecule has 4 nitrogen and oxygen atoms in total. The molecule has 2 aromatic carbocycles. The van der Waals surface area contributed by atoms with Crippen LogP contribution in [-0.4, -0.2) is 18.2 Å². The van der Waals surface area contributed by atoms with Gasteiger partial charge in [-0.1, -0.05) is 12.1 Å². The van der Waals surface area contributed by atoms with Gasteiger partial charge in [0, 0.05) is 21.2 Å². The zero-order valence-corrected chi connectivity index (χ0v) is 12.8. The Morgan fingerprint density at radius 3 is 2.78 bits per heavy atom. The van der Waals surface area contributed by atoms with E-state index in [1.807, 2.05) is 0 Å². The number of hydrogen-bond acceptors (Lipinski definition) is 4. The first-order valence-electron chi connectivity index (χ1n) is 6.59. The van der Waals surface area contributed by atoms with Crippen LogP contribution in [0.4, 0.5) is 4.39 Å². The number of carboxylic acids is 1. The fourth-order valence-corrected chi connectivity index (χ4v) is 3.59. The van der Waals surface area contributed by atoms with Crippen LogP contribution in [0, 0.1) is 17.1 Å². The van der Waals surface area contributed by atoms with Crippen LogP contribution in [0.5, 0.6) is 5.75 Å². The van der Waals surface area contributed by atoms with E-state index in [1.165, 1.54) is 25.3 Å². The van der Waals surface area contributed by atoms with Gasteiger partial charge in [0.1, 0.15) is 28.1 Å². The molecular weight excluding hydrogens is 317 g/mol. The second kappa shape index (κ2) is 5.71. The number of carboxylic acid groups (broad SMARTS) is 1. The topological polar surface area (TPSA) is 70.3 Å². The number of thiophene rings is 1. The predicted octanol–water partition coefficient (Wildman–Crippen LogP) is 4.29. The van der Waals surface area contributed by atoms with Crippen molar-refractivity contribution in [3.63, 3.8) is 0 Å². The minimum absolute atomic E-state index is 0.0651. The van der Waals surface area contributed by atoms with Crippen molar-refractivity contribution in [1.29, 1.82) is 5.26 Å². The van der Waals surface area contributed by atoms with Gasteiger partial charge in [0.05, 0.1) is 7.11 Å². The SMILES string of the molecule is COc1cccc(-c2c(C(=O)O)sc3cc(F)ccc23)c1C#N. The van der Waals surface area contributed by atoms with Gasteiger partial charge < -0.3 is 9.84 Å². The number of ether oxygens (including phenoxy) is 1. The van der Waals surface area contributed by atoms with Gasteiger partial charge in [-0.05, 0) is 24.3 Å². The number of fused-ring (bicyclic) bond motifs is 1. The Balaban J connectivity index is 2.43. The largest absolute Gasteiger partial charge is 0.495 e. The first-order valence-corrected chi connectivity index (χ1v) is 7.41. The fourth-order valence-electron chi connectivity index (χ4n) is 2.51. The van der Waals surface area contributed by atoms with Gasteiger partial charge in [0.15, 0.2) is 0 Å². The van der Waals surface area contributed by atoms with Gasteiger partial charge >= 0.3 is 5.97 Å². The molecule has 0 bridgehead atoms. The summed E-state index contributed by atoms with van der Waals surface area (Å²) >= 11 is 0.984. The summed E-state index contributed by atoms with van der Waals surface area (Å²) in [5.41, 5.74) is 1.12. The number of methoxy groups -OCH3 is 1. The van der Waals surface area contributed by atoms with E-state index in [-0.39, 0.29) is 10.4 Å². The van der Waals surface area contributed by atoms with Gasteiger partial charge in [0.25, 0.3) is 0 Å². The normalized spacial score (nSPS) is 10.5. The minimum atomic E-state index is -1.12. The first-order chi connectivity index (χ1) is 11.1. The number of aromatic carboxylic acids is 1. The highest BCUT2D eigenvalue weighted by atomic mass is 32.1. The molecule has 0 saturated heterocycles. The van der Waals surface area contributed by atoms with Crippen LogP contribution in [0.2, 0.25) is 0 Å². The molecule has 1 N–H and O–H groups in total. The molecule has 1 aromatic heterocycles. The Kier molecular flexibility index (Phi) is 3.72. The molecule has 23 heavy (non-hydrogen) atoms. The van der Waals surface area contributed by atoms with Crippen LogP contribution in [-0.2, 0) is 0 Å². The van der Waals surface area contributed by atoms with Crippen molar-refractivity contribution in [2.24, 2.45) is 0 Å². The monoisotopic (exact) mass is 327 g/mol. The zero-order chi connectivity index (χ0) is 16.6. The molecule has 0 aliphatic carbocycles. The summed E-state index contributed by atoms with van der Waals surface area (Å²) in [6.45, 7) is 0. The van der Waals surface area contributed by atoms with Crippen molar-refractivity contribution in [2.45, 2.75) is 0 Å². The van der Waals surface area contributed by atoms with Crippen molar-refractivity contribution < 1.29 is 19.0 Å². The molecule has 6 heteroatoms. The van der Waals surface area contributed by atoms with E-state index in [1.54, 1.807) is 18.2 Å². The Morgan fingerprint density at radius 1 is 1.35 bits per heavy atom. The summed E-state index contributed by atoms with van der Waals surface area (Å²) in [6.07, 6.45) is 0. The van der Waals surface area contributed by atoms with E-state index >= 15 is 0 Å². The Bertz CT molecular complexity index is 972. The van der Waals surface area contributed by atoms with Crippen LogP contribution in [0.25, 0.3) is 21.2 Å². The molecule has 0 amide bonds. The maximum absolute atomic E-state index is 13.4. The number of hydrogen-bond donors (Lipinski definition) is 1. The van der Waals surface area contributed by atoms with E-state index in [4.69, 9.17) is 4.74 Å². The molecule has 0 unspecified atom stereocenters. The van der Waals surface area contributed by atoms with E-state index in [9.17, 15) is 19.6 Å². The Hall–Kier alpha value is -2.91. The van der Waals surface area contributed by atoms with Gasteiger partial charge in [-0.25, -0.2) is 9.18 Å². The number of carbonyl (C=O) groups is 1. The van der Waals surface area contributed by atoms with Crippen molar-refractivity contribution in [3.05, 3.63) is 52.7 Å². The lowest BCUT2D eigenvalue weighted by Gasteiger charge is -2.09. The third kappa shape index (κ3) is 2.41. The molecule has 0 atom stereocenters. The van der Waals surface area contributed by atoms with Gasteiger partial charge in [-0.15, -0.1) is 11.3 Å². The number of rotatable bonds is 3. The summed E-state index contributed by atoms with van der Waals surface area (Å²) in [4.78, 5) is 11.7. The highest BCUT2D eigenvalue weighted by molar-refractivity contribution is 7.21. The molecule has 3 rings (SSSR count). The predicted molar refractivity (Wildman–Crippen MR) is 85.4 cm³/mol. The Labute approximate surface area is 135 Å². The van der Waals surface area contributed by atoms with Crippen molar-refractivity contribution in [1.82, 2.24) is 0 Å². The lowest BCUT2D eigenvalue weighted by molar-refractivity contribution is 0.0703. The lowest BCUT2D eigenvalue weighted by Crippen LogP contribution is -1.97. The average molecular weight is 327 g/mol. The molecule has 0 spiro atoms. The zero-order valence-electron chi connectivity index (χ0n) is 12.0. The van der Waals surface area contributed by atoms with Crippen molar-refractivity contribution in [2.75, 3.05) is 7.11 Å². The second-order valence-corrected chi connectivity index (χ2v) is 5.80. The van der Waals surface area contributed by atoms with Gasteiger partial charge in [-0.2, -0.15) is 5.26 Å². The molecule has 114 valence electrons. The summed E-state index contributed by atoms with van der Waals surface area (Å²) in [6, 6.07) is 11.1. The highest BCUT2D eigenvalue weighted by Crippen LogP contribution is 2.42. The first kappa shape index (κ1) is 15.0. The molecule has 0 radical (unpaired) electrons. The quantitative estimate of drug-likeness (QED) is 0.779. The molecular formula is C17H10FNO3S. The molecule has 0 aliphatic rings. The molecule has 3 aromatic rings. The minimum Gasteiger partial charge on any atom is -0.495 e. The van der Waals surface area contributed by atoms with Crippen LogP contribution < -0.4 is 4.74 Å². The van der Waals surface area contributed by atoms with Crippen molar-refractivity contribution >= 4 is 27.4 Å². The van der Waals surface area contributed by atoms with Gasteiger partial charge in [0.2, 0.25) is 0 Å². The standard InChI is InChI=1S/C17H10FNO3S/c1-22-13-4-2-3-10(12(13)8-19)15-11-6-5-9(18)7-14(11)23-16(15)17(20)21/h2-7H,1H3,(H,20,21). The molecule has 0 aliphatic heterocycles. The third-order valence-electron chi connectivity index (χ3n) is 3.47. The van der Waals surface area contributed by atoms with Gasteiger partial charge in [-0.3, -0.25) is 0 Å². The number of benzene rings is 2. The maximum atomic E-state index is 13.4. The highest BCUT2D eigenvalue weighted by Gasteiger charge is 2.23. The lowest BCUT2D eigenvalue weighted by atomic mass is 9.96. The van der Waals surface area contributed by atoms with Crippen LogP contribution in [0.1, 0.15) is 15.2 Å². The number of halogens is 1. The van der Waals surface area contributed by atoms with Crippen LogP contribution in [0.15, 0.2) is 36.4 Å². The van der Waals surface area contributed by atoms with E-state index in [0.717, 1.165) is 11.3 Å². The smallest absolute Gasteiger partial charge is 0.346 e. The van der Waals surface area contributed by atoms with E-state index < -0.39 is 11.8 Å². The average Bonchev–Trinajstić information content (AvgIpc) is 2.92. The van der Waals surface area contributed by atoms with Crippen molar-refractivity contribution in [3.8, 4) is 22.9 Å². The second-order valence-electron chi connectivity index (χ2n) is 4.75. The fraction of sp³-hybridized carbons (Fsp3) is 0.0588. The Morgan fingerprint density at radius 2 is 2.13 bits per heavy atom. The summed E-state index contributed by atoms with van der Waals surface area (Å²) in [5.74, 6) is -1.19. The molecule has 1 heterocycles. The number of nitrogens with zero attached hydrogens (tertiary/aromatic N) is 1. The molecule has 0 fully saturated rings. The van der Waals surface area contributed by atoms with E-state index in [0.29, 0.717) is 27.0 Å². The molecule has 0 saturated carbocycles. The summed E-state index contributed by atoms with van der Waals surface area (Å²) in [7, 11) is 1.44. The van der Waals surface area contributed by atoms with Crippen LogP contribution >= 0.6 is 11.3 Å². The van der Waals surface area contributed by atoms with E-state index in [2.05, 4.69) is 6.07 Å². The number of nitriles is 1. The summed E-state index contributed by atoms with van der Waals surface area (Å²) in [5, 5.41) is 19.5. The maximum Gasteiger partial charge on any atom is 0.346 e.